The summed E-state index contributed by atoms with van der Waals surface area (Å²) in [7, 11) is 0. The fourth-order valence-electron chi connectivity index (χ4n) is 2.08. The van der Waals surface area contributed by atoms with Crippen LogP contribution in [0.5, 0.6) is 5.75 Å². The molecule has 1 saturated heterocycles. The standard InChI is InChI=1S/C15H15IN2O2/c16-11-1-2-15(20-13-5-8-19-10-13)14(9-11)18-12-3-6-17-7-4-12/h1-4,6-7,9,13H,5,8,10H2,(H,17,18)/t13-/m0/s1. The van der Waals surface area contributed by atoms with Crippen molar-refractivity contribution in [2.24, 2.45) is 0 Å². The van der Waals surface area contributed by atoms with Crippen LogP contribution in [-0.4, -0.2) is 24.3 Å². The molecule has 0 saturated carbocycles. The third-order valence-corrected chi connectivity index (χ3v) is 3.75. The van der Waals surface area contributed by atoms with Crippen molar-refractivity contribution < 1.29 is 9.47 Å². The number of halogens is 1. The van der Waals surface area contributed by atoms with E-state index in [1.165, 1.54) is 0 Å². The largest absolute Gasteiger partial charge is 0.486 e. The molecule has 1 atom stereocenters. The van der Waals surface area contributed by atoms with Crippen LogP contribution >= 0.6 is 22.6 Å². The van der Waals surface area contributed by atoms with Crippen molar-refractivity contribution in [1.29, 1.82) is 0 Å². The molecule has 4 nitrogen and oxygen atoms in total. The summed E-state index contributed by atoms with van der Waals surface area (Å²) < 4.78 is 12.5. The summed E-state index contributed by atoms with van der Waals surface area (Å²) in [5, 5.41) is 3.38. The quantitative estimate of drug-likeness (QED) is 0.821. The fraction of sp³-hybridized carbons (Fsp3) is 0.267. The van der Waals surface area contributed by atoms with Gasteiger partial charge in [0.2, 0.25) is 0 Å². The summed E-state index contributed by atoms with van der Waals surface area (Å²) >= 11 is 2.30. The first kappa shape index (κ1) is 13.6. The Balaban J connectivity index is 1.82. The van der Waals surface area contributed by atoms with Crippen LogP contribution in [0.25, 0.3) is 0 Å². The fourth-order valence-corrected chi connectivity index (χ4v) is 2.57. The molecule has 1 aliphatic heterocycles. The van der Waals surface area contributed by atoms with Crippen LogP contribution < -0.4 is 10.1 Å². The average Bonchev–Trinajstić information content (AvgIpc) is 2.96. The van der Waals surface area contributed by atoms with Crippen LogP contribution in [0.1, 0.15) is 6.42 Å². The Morgan fingerprint density at radius 3 is 2.85 bits per heavy atom. The van der Waals surface area contributed by atoms with Crippen molar-refractivity contribution in [3.63, 3.8) is 0 Å². The monoisotopic (exact) mass is 382 g/mol. The van der Waals surface area contributed by atoms with Gasteiger partial charge in [0.15, 0.2) is 0 Å². The number of aromatic nitrogens is 1. The van der Waals surface area contributed by atoms with Gasteiger partial charge in [-0.15, -0.1) is 0 Å². The third-order valence-electron chi connectivity index (χ3n) is 3.08. The summed E-state index contributed by atoms with van der Waals surface area (Å²) in [5.74, 6) is 0.859. The van der Waals surface area contributed by atoms with Crippen LogP contribution in [0.2, 0.25) is 0 Å². The number of hydrogen-bond acceptors (Lipinski definition) is 4. The lowest BCUT2D eigenvalue weighted by atomic mass is 10.2. The molecule has 0 bridgehead atoms. The van der Waals surface area contributed by atoms with Crippen LogP contribution in [0, 0.1) is 3.57 Å². The summed E-state index contributed by atoms with van der Waals surface area (Å²) in [4.78, 5) is 4.02. The number of ether oxygens (including phenoxy) is 2. The van der Waals surface area contributed by atoms with Crippen molar-refractivity contribution in [1.82, 2.24) is 4.98 Å². The van der Waals surface area contributed by atoms with Gasteiger partial charge in [-0.1, -0.05) is 0 Å². The van der Waals surface area contributed by atoms with E-state index in [1.807, 2.05) is 24.3 Å². The van der Waals surface area contributed by atoms with Crippen LogP contribution in [0.3, 0.4) is 0 Å². The minimum absolute atomic E-state index is 0.146. The Hall–Kier alpha value is -1.34. The van der Waals surface area contributed by atoms with Gasteiger partial charge in [0.05, 0.1) is 18.9 Å². The molecule has 2 heterocycles. The molecule has 1 aromatic heterocycles. The van der Waals surface area contributed by atoms with Gasteiger partial charge in [-0.25, -0.2) is 0 Å². The molecule has 0 aliphatic carbocycles. The van der Waals surface area contributed by atoms with Crippen molar-refractivity contribution in [3.05, 3.63) is 46.3 Å². The summed E-state index contributed by atoms with van der Waals surface area (Å²) in [6.45, 7) is 1.45. The van der Waals surface area contributed by atoms with Crippen molar-refractivity contribution >= 4 is 34.0 Å². The second kappa shape index (κ2) is 6.41. The van der Waals surface area contributed by atoms with Crippen molar-refractivity contribution in [3.8, 4) is 5.75 Å². The van der Waals surface area contributed by atoms with E-state index in [1.54, 1.807) is 12.4 Å². The molecule has 5 heteroatoms. The van der Waals surface area contributed by atoms with E-state index < -0.39 is 0 Å². The molecular formula is C15H15IN2O2. The van der Waals surface area contributed by atoms with E-state index in [-0.39, 0.29) is 6.10 Å². The summed E-state index contributed by atoms with van der Waals surface area (Å²) in [5.41, 5.74) is 1.96. The SMILES string of the molecule is Ic1ccc(O[C@H]2CCOC2)c(Nc2ccncc2)c1. The molecule has 0 radical (unpaired) electrons. The highest BCUT2D eigenvalue weighted by Gasteiger charge is 2.18. The van der Waals surface area contributed by atoms with E-state index in [0.29, 0.717) is 6.61 Å². The Morgan fingerprint density at radius 1 is 1.25 bits per heavy atom. The number of anilines is 2. The van der Waals surface area contributed by atoms with E-state index in [4.69, 9.17) is 9.47 Å². The summed E-state index contributed by atoms with van der Waals surface area (Å²) in [6, 6.07) is 9.99. The molecule has 1 aromatic carbocycles. The topological polar surface area (TPSA) is 43.4 Å². The number of rotatable bonds is 4. The highest BCUT2D eigenvalue weighted by Crippen LogP contribution is 2.31. The van der Waals surface area contributed by atoms with E-state index in [9.17, 15) is 0 Å². The molecule has 0 unspecified atom stereocenters. The Morgan fingerprint density at radius 2 is 2.10 bits per heavy atom. The Labute approximate surface area is 131 Å². The molecule has 1 aliphatic rings. The first-order chi connectivity index (χ1) is 9.81. The molecule has 104 valence electrons. The van der Waals surface area contributed by atoms with Gasteiger partial charge in [-0.2, -0.15) is 0 Å². The minimum atomic E-state index is 0.146. The van der Waals surface area contributed by atoms with Crippen molar-refractivity contribution in [2.45, 2.75) is 12.5 Å². The highest BCUT2D eigenvalue weighted by molar-refractivity contribution is 14.1. The lowest BCUT2D eigenvalue weighted by Gasteiger charge is -2.17. The molecule has 0 spiro atoms. The first-order valence-corrected chi connectivity index (χ1v) is 7.60. The number of benzene rings is 1. The van der Waals surface area contributed by atoms with Crippen LogP contribution in [0.15, 0.2) is 42.7 Å². The van der Waals surface area contributed by atoms with Gasteiger partial charge >= 0.3 is 0 Å². The zero-order chi connectivity index (χ0) is 13.8. The molecule has 1 N–H and O–H groups in total. The van der Waals surface area contributed by atoms with Gasteiger partial charge in [-0.05, 0) is 52.9 Å². The number of nitrogens with one attached hydrogen (secondary N) is 1. The predicted molar refractivity (Wildman–Crippen MR) is 86.5 cm³/mol. The highest BCUT2D eigenvalue weighted by atomic mass is 127. The summed E-state index contributed by atoms with van der Waals surface area (Å²) in [6.07, 6.45) is 4.62. The van der Waals surface area contributed by atoms with E-state index in [2.05, 4.69) is 39.0 Å². The normalized spacial score (nSPS) is 17.9. The molecule has 0 amide bonds. The minimum Gasteiger partial charge on any atom is -0.486 e. The molecule has 1 fully saturated rings. The Kier molecular flexibility index (Phi) is 4.37. The third kappa shape index (κ3) is 3.40. The van der Waals surface area contributed by atoms with Crippen LogP contribution in [0.4, 0.5) is 11.4 Å². The maximum atomic E-state index is 6.03. The van der Waals surface area contributed by atoms with Crippen molar-refractivity contribution in [2.75, 3.05) is 18.5 Å². The second-order valence-electron chi connectivity index (χ2n) is 4.60. The second-order valence-corrected chi connectivity index (χ2v) is 5.85. The zero-order valence-electron chi connectivity index (χ0n) is 10.9. The molecule has 2 aromatic rings. The van der Waals surface area contributed by atoms with E-state index in [0.717, 1.165) is 33.7 Å². The number of hydrogen-bond donors (Lipinski definition) is 1. The number of nitrogens with zero attached hydrogens (tertiary/aromatic N) is 1. The van der Waals surface area contributed by atoms with Crippen LogP contribution in [-0.2, 0) is 4.74 Å². The number of pyridine rings is 1. The Bertz CT molecular complexity index is 571. The smallest absolute Gasteiger partial charge is 0.143 e. The lowest BCUT2D eigenvalue weighted by molar-refractivity contribution is 0.142. The molecule has 20 heavy (non-hydrogen) atoms. The molecule has 3 rings (SSSR count). The van der Waals surface area contributed by atoms with Gasteiger partial charge in [-0.3, -0.25) is 4.98 Å². The maximum Gasteiger partial charge on any atom is 0.143 e. The first-order valence-electron chi connectivity index (χ1n) is 6.52. The van der Waals surface area contributed by atoms with Gasteiger partial charge in [0.1, 0.15) is 11.9 Å². The predicted octanol–water partition coefficient (Wildman–Crippen LogP) is 3.60. The maximum absolute atomic E-state index is 6.03. The lowest BCUT2D eigenvalue weighted by Crippen LogP contribution is -2.16. The van der Waals surface area contributed by atoms with E-state index >= 15 is 0 Å². The zero-order valence-corrected chi connectivity index (χ0v) is 13.0. The van der Waals surface area contributed by atoms with Gasteiger partial charge in [0.25, 0.3) is 0 Å². The van der Waals surface area contributed by atoms with Gasteiger partial charge in [0, 0.05) is 28.1 Å². The molecular weight excluding hydrogens is 367 g/mol. The van der Waals surface area contributed by atoms with Gasteiger partial charge < -0.3 is 14.8 Å². The average molecular weight is 382 g/mol.